The van der Waals surface area contributed by atoms with E-state index in [2.05, 4.69) is 5.32 Å². The lowest BCUT2D eigenvalue weighted by molar-refractivity contribution is -0.137. The Kier molecular flexibility index (Phi) is 4.58. The predicted molar refractivity (Wildman–Crippen MR) is 89.1 cm³/mol. The van der Waals surface area contributed by atoms with Crippen LogP contribution >= 0.6 is 0 Å². The van der Waals surface area contributed by atoms with Crippen LogP contribution in [0.25, 0.3) is 0 Å². The molecular weight excluding hydrogens is 349 g/mol. The van der Waals surface area contributed by atoms with Crippen LogP contribution in [-0.4, -0.2) is 25.5 Å². The second-order valence-electron chi connectivity index (χ2n) is 5.78. The lowest BCUT2D eigenvalue weighted by Gasteiger charge is -2.30. The topological polar surface area (TPSA) is 58.6 Å². The number of anilines is 2. The summed E-state index contributed by atoms with van der Waals surface area (Å²) in [7, 11) is 1.53. The molecule has 0 aliphatic carbocycles. The third-order valence-electron chi connectivity index (χ3n) is 4.01. The fourth-order valence-electron chi connectivity index (χ4n) is 2.70. The number of ether oxygens (including phenoxy) is 1. The number of methoxy groups -OCH3 is 1. The number of carbonyl (C=O) groups excluding carboxylic acids is 2. The Morgan fingerprint density at radius 1 is 1.19 bits per heavy atom. The van der Waals surface area contributed by atoms with E-state index in [9.17, 15) is 22.8 Å². The fraction of sp³-hybridized carbons (Fsp3) is 0.222. The van der Waals surface area contributed by atoms with Crippen LogP contribution in [0.3, 0.4) is 0 Å². The van der Waals surface area contributed by atoms with Gasteiger partial charge in [-0.25, -0.2) is 0 Å². The van der Waals surface area contributed by atoms with Crippen molar-refractivity contribution in [2.45, 2.75) is 12.6 Å². The van der Waals surface area contributed by atoms with E-state index in [0.29, 0.717) is 11.3 Å². The molecular formula is C18H15F3N2O3. The third-order valence-corrected chi connectivity index (χ3v) is 4.01. The van der Waals surface area contributed by atoms with Gasteiger partial charge in [-0.05, 0) is 35.9 Å². The average Bonchev–Trinajstić information content (AvgIpc) is 2.60. The molecule has 136 valence electrons. The van der Waals surface area contributed by atoms with Crippen LogP contribution in [0.4, 0.5) is 24.5 Å². The number of nitrogens with zero attached hydrogens (tertiary/aromatic N) is 1. The van der Waals surface area contributed by atoms with Crippen molar-refractivity contribution in [2.24, 2.45) is 0 Å². The fourth-order valence-corrected chi connectivity index (χ4v) is 2.70. The lowest BCUT2D eigenvalue weighted by Crippen LogP contribution is -2.43. The minimum absolute atomic E-state index is 0.0116. The van der Waals surface area contributed by atoms with Gasteiger partial charge in [-0.1, -0.05) is 12.1 Å². The van der Waals surface area contributed by atoms with Gasteiger partial charge in [0.2, 0.25) is 11.8 Å². The number of hydrogen-bond donors (Lipinski definition) is 1. The average molecular weight is 364 g/mol. The van der Waals surface area contributed by atoms with Crippen molar-refractivity contribution in [3.8, 4) is 5.75 Å². The summed E-state index contributed by atoms with van der Waals surface area (Å²) in [6.07, 6.45) is -4.52. The molecule has 0 aromatic heterocycles. The highest BCUT2D eigenvalue weighted by Crippen LogP contribution is 2.37. The summed E-state index contributed by atoms with van der Waals surface area (Å²) in [5.74, 6) is -0.283. The van der Waals surface area contributed by atoms with Crippen molar-refractivity contribution in [3.63, 3.8) is 0 Å². The molecule has 1 aliphatic rings. The molecule has 2 amide bonds. The molecule has 0 fully saturated rings. The molecule has 0 atom stereocenters. The van der Waals surface area contributed by atoms with Gasteiger partial charge in [0, 0.05) is 0 Å². The molecule has 0 unspecified atom stereocenters. The first-order valence-electron chi connectivity index (χ1n) is 7.72. The molecule has 1 aliphatic heterocycles. The zero-order chi connectivity index (χ0) is 18.9. The molecule has 0 radical (unpaired) electrons. The molecule has 2 aromatic rings. The Hall–Kier alpha value is -3.03. The van der Waals surface area contributed by atoms with Gasteiger partial charge < -0.3 is 15.0 Å². The van der Waals surface area contributed by atoms with Crippen LogP contribution in [-0.2, 0) is 22.2 Å². The Morgan fingerprint density at radius 3 is 2.50 bits per heavy atom. The zero-order valence-electron chi connectivity index (χ0n) is 13.8. The van der Waals surface area contributed by atoms with Crippen LogP contribution < -0.4 is 15.0 Å². The van der Waals surface area contributed by atoms with Crippen LogP contribution in [0.1, 0.15) is 11.1 Å². The van der Waals surface area contributed by atoms with E-state index >= 15 is 0 Å². The van der Waals surface area contributed by atoms with Gasteiger partial charge in [-0.2, -0.15) is 13.2 Å². The number of carbonyl (C=O) groups is 2. The number of nitrogens with one attached hydrogen (secondary N) is 1. The first-order chi connectivity index (χ1) is 12.3. The number of amides is 2. The van der Waals surface area contributed by atoms with Crippen LogP contribution in [0.5, 0.6) is 5.75 Å². The van der Waals surface area contributed by atoms with Gasteiger partial charge in [0.15, 0.2) is 0 Å². The maximum absolute atomic E-state index is 12.9. The Bertz CT molecular complexity index is 848. The SMILES string of the molecule is COc1ccc(CC(=O)N2CC(=O)Nc3cc(C(F)(F)F)ccc32)cc1. The van der Waals surface area contributed by atoms with Crippen molar-refractivity contribution < 1.29 is 27.5 Å². The smallest absolute Gasteiger partial charge is 0.416 e. The van der Waals surface area contributed by atoms with Gasteiger partial charge in [0.05, 0.1) is 30.5 Å². The molecule has 5 nitrogen and oxygen atoms in total. The highest BCUT2D eigenvalue weighted by Gasteiger charge is 2.34. The predicted octanol–water partition coefficient (Wildman–Crippen LogP) is 3.24. The third kappa shape index (κ3) is 3.63. The molecule has 0 spiro atoms. The van der Waals surface area contributed by atoms with E-state index in [1.165, 1.54) is 18.1 Å². The number of alkyl halides is 3. The molecule has 1 N–H and O–H groups in total. The summed E-state index contributed by atoms with van der Waals surface area (Å²) >= 11 is 0. The van der Waals surface area contributed by atoms with E-state index in [1.54, 1.807) is 24.3 Å². The molecule has 3 rings (SSSR count). The minimum atomic E-state index is -4.53. The van der Waals surface area contributed by atoms with Gasteiger partial charge in [0.1, 0.15) is 12.3 Å². The highest BCUT2D eigenvalue weighted by molar-refractivity contribution is 6.10. The largest absolute Gasteiger partial charge is 0.497 e. The number of benzene rings is 2. The van der Waals surface area contributed by atoms with E-state index < -0.39 is 17.6 Å². The molecule has 0 saturated carbocycles. The number of fused-ring (bicyclic) bond motifs is 1. The summed E-state index contributed by atoms with van der Waals surface area (Å²) in [5.41, 5.74) is 0.0338. The Labute approximate surface area is 147 Å². The van der Waals surface area contributed by atoms with Gasteiger partial charge >= 0.3 is 6.18 Å². The van der Waals surface area contributed by atoms with E-state index in [4.69, 9.17) is 4.74 Å². The quantitative estimate of drug-likeness (QED) is 0.910. The Morgan fingerprint density at radius 2 is 1.88 bits per heavy atom. The second kappa shape index (κ2) is 6.70. The van der Waals surface area contributed by atoms with Gasteiger partial charge in [-0.15, -0.1) is 0 Å². The van der Waals surface area contributed by atoms with Crippen LogP contribution in [0, 0.1) is 0 Å². The van der Waals surface area contributed by atoms with E-state index in [-0.39, 0.29) is 30.2 Å². The van der Waals surface area contributed by atoms with Crippen molar-refractivity contribution in [1.82, 2.24) is 0 Å². The number of hydrogen-bond acceptors (Lipinski definition) is 3. The second-order valence-corrected chi connectivity index (χ2v) is 5.78. The molecule has 26 heavy (non-hydrogen) atoms. The maximum Gasteiger partial charge on any atom is 0.416 e. The molecule has 1 heterocycles. The molecule has 8 heteroatoms. The van der Waals surface area contributed by atoms with Crippen LogP contribution in [0.15, 0.2) is 42.5 Å². The monoisotopic (exact) mass is 364 g/mol. The first kappa shape index (κ1) is 17.8. The maximum atomic E-state index is 12.9. The molecule has 0 saturated heterocycles. The molecule has 0 bridgehead atoms. The summed E-state index contributed by atoms with van der Waals surface area (Å²) in [6, 6.07) is 9.76. The summed E-state index contributed by atoms with van der Waals surface area (Å²) in [4.78, 5) is 25.6. The summed E-state index contributed by atoms with van der Waals surface area (Å²) < 4.78 is 43.6. The number of rotatable bonds is 3. The van der Waals surface area contributed by atoms with E-state index in [0.717, 1.165) is 12.1 Å². The zero-order valence-corrected chi connectivity index (χ0v) is 13.8. The standard InChI is InChI=1S/C18H15F3N2O3/c1-26-13-5-2-11(3-6-13)8-17(25)23-10-16(24)22-14-9-12(18(19,20)21)4-7-15(14)23/h2-7,9H,8,10H2,1H3,(H,22,24). The van der Waals surface area contributed by atoms with Crippen molar-refractivity contribution in [3.05, 3.63) is 53.6 Å². The van der Waals surface area contributed by atoms with Crippen molar-refractivity contribution in [2.75, 3.05) is 23.9 Å². The van der Waals surface area contributed by atoms with Gasteiger partial charge in [-0.3, -0.25) is 9.59 Å². The van der Waals surface area contributed by atoms with Crippen LogP contribution in [0.2, 0.25) is 0 Å². The van der Waals surface area contributed by atoms with Crippen molar-refractivity contribution >= 4 is 23.2 Å². The van der Waals surface area contributed by atoms with Gasteiger partial charge in [0.25, 0.3) is 0 Å². The molecule has 2 aromatic carbocycles. The van der Waals surface area contributed by atoms with Crippen molar-refractivity contribution in [1.29, 1.82) is 0 Å². The first-order valence-corrected chi connectivity index (χ1v) is 7.72. The number of halogens is 3. The van der Waals surface area contributed by atoms with E-state index in [1.807, 2.05) is 0 Å². The minimum Gasteiger partial charge on any atom is -0.497 e. The summed E-state index contributed by atoms with van der Waals surface area (Å²) in [5, 5.41) is 2.39. The summed E-state index contributed by atoms with van der Waals surface area (Å²) in [6.45, 7) is -0.243. The highest BCUT2D eigenvalue weighted by atomic mass is 19.4. The lowest BCUT2D eigenvalue weighted by atomic mass is 10.1. The Balaban J connectivity index is 1.86. The normalized spacial score (nSPS) is 13.8.